The Balaban J connectivity index is 1.48. The second-order valence-electron chi connectivity index (χ2n) is 8.53. The number of ether oxygens (including phenoxy) is 3. The van der Waals surface area contributed by atoms with Gasteiger partial charge in [-0.15, -0.1) is 0 Å². The van der Waals surface area contributed by atoms with Crippen LogP contribution in [0.15, 0.2) is 47.9 Å². The Morgan fingerprint density at radius 1 is 1.30 bits per heavy atom. The highest BCUT2D eigenvalue weighted by Crippen LogP contribution is 2.25. The van der Waals surface area contributed by atoms with Gasteiger partial charge in [-0.2, -0.15) is 0 Å². The van der Waals surface area contributed by atoms with Gasteiger partial charge < -0.3 is 30.0 Å². The van der Waals surface area contributed by atoms with Gasteiger partial charge in [0.2, 0.25) is 6.43 Å². The van der Waals surface area contributed by atoms with Crippen molar-refractivity contribution >= 4 is 22.9 Å². The number of hydrogen-bond acceptors (Lipinski definition) is 8. The molecule has 2 aromatic rings. The summed E-state index contributed by atoms with van der Waals surface area (Å²) in [6.45, 7) is 2.72. The Morgan fingerprint density at radius 2 is 2.16 bits per heavy atom. The summed E-state index contributed by atoms with van der Waals surface area (Å²) in [5, 5.41) is 19.7. The molecule has 12 heteroatoms. The number of anilines is 1. The monoisotopic (exact) mass is 538 g/mol. The van der Waals surface area contributed by atoms with Gasteiger partial charge in [-0.25, -0.2) is 13.2 Å². The van der Waals surface area contributed by atoms with E-state index in [0.717, 1.165) is 11.6 Å². The van der Waals surface area contributed by atoms with Crippen LogP contribution in [-0.2, 0) is 22.4 Å². The van der Waals surface area contributed by atoms with Crippen molar-refractivity contribution in [3.8, 4) is 5.75 Å². The molecular formula is C25H29F3N4O4S. The average Bonchev–Trinajstić information content (AvgIpc) is 2.89. The maximum Gasteiger partial charge on any atom is 0.242 e. The van der Waals surface area contributed by atoms with Crippen molar-refractivity contribution in [1.82, 2.24) is 15.6 Å². The Labute approximate surface area is 218 Å². The van der Waals surface area contributed by atoms with Crippen molar-refractivity contribution in [2.75, 3.05) is 38.3 Å². The lowest BCUT2D eigenvalue weighted by molar-refractivity contribution is -0.101. The van der Waals surface area contributed by atoms with Crippen LogP contribution >= 0.6 is 12.2 Å². The Bertz CT molecular complexity index is 1120. The number of rotatable bonds is 10. The van der Waals surface area contributed by atoms with Gasteiger partial charge in [0, 0.05) is 60.2 Å². The molecule has 2 atom stereocenters. The molecule has 0 aliphatic carbocycles. The third-order valence-corrected chi connectivity index (χ3v) is 6.28. The van der Waals surface area contributed by atoms with Gasteiger partial charge in [-0.3, -0.25) is 10.3 Å². The molecule has 0 bridgehead atoms. The summed E-state index contributed by atoms with van der Waals surface area (Å²) in [6, 6.07) is 5.83. The van der Waals surface area contributed by atoms with E-state index < -0.39 is 24.9 Å². The largest absolute Gasteiger partial charge is 0.489 e. The zero-order chi connectivity index (χ0) is 26.2. The maximum absolute atomic E-state index is 14.2. The summed E-state index contributed by atoms with van der Waals surface area (Å²) in [7, 11) is 0. The third kappa shape index (κ3) is 7.39. The van der Waals surface area contributed by atoms with E-state index in [1.54, 1.807) is 12.4 Å². The first-order chi connectivity index (χ1) is 17.9. The molecule has 0 radical (unpaired) electrons. The normalized spacial score (nSPS) is 20.1. The van der Waals surface area contributed by atoms with Gasteiger partial charge in [-0.1, -0.05) is 18.3 Å². The van der Waals surface area contributed by atoms with Gasteiger partial charge >= 0.3 is 0 Å². The average molecular weight is 539 g/mol. The van der Waals surface area contributed by atoms with Crippen molar-refractivity contribution in [2.24, 2.45) is 0 Å². The first-order valence-electron chi connectivity index (χ1n) is 11.9. The number of aromatic nitrogens is 1. The molecule has 1 fully saturated rings. The Hall–Kier alpha value is -2.77. The highest BCUT2D eigenvalue weighted by molar-refractivity contribution is 7.81. The minimum absolute atomic E-state index is 0.101. The smallest absolute Gasteiger partial charge is 0.242 e. The van der Waals surface area contributed by atoms with E-state index in [9.17, 15) is 18.3 Å². The Kier molecular flexibility index (Phi) is 9.69. The summed E-state index contributed by atoms with van der Waals surface area (Å²) in [5.41, 5.74) is 1.82. The van der Waals surface area contributed by atoms with Gasteiger partial charge in [0.25, 0.3) is 0 Å². The SMILES string of the molecule is OC1NCCC(NCc2ccncc2OCC2COCCO2)=C1C(=S)Nc1cccc(F)c1CC(F)F. The van der Waals surface area contributed by atoms with Crippen LogP contribution in [0.4, 0.5) is 18.9 Å². The second kappa shape index (κ2) is 13.2. The van der Waals surface area contributed by atoms with Crippen LogP contribution in [0.1, 0.15) is 17.5 Å². The third-order valence-electron chi connectivity index (χ3n) is 5.95. The standard InChI is InChI=1S/C25H29F3N4O4S/c26-18-2-1-3-19(17(18)10-22(27)28)32-25(37)23-20(5-7-30-24(23)33)31-11-15-4-6-29-12-21(15)36-14-16-13-34-8-9-35-16/h1-4,6,12,16,22,24,30-31,33H,5,7-11,13-14H2,(H,32,37). The highest BCUT2D eigenvalue weighted by atomic mass is 32.1. The fourth-order valence-corrected chi connectivity index (χ4v) is 4.45. The van der Waals surface area contributed by atoms with E-state index in [0.29, 0.717) is 63.0 Å². The molecule has 37 heavy (non-hydrogen) atoms. The molecular weight excluding hydrogens is 509 g/mol. The summed E-state index contributed by atoms with van der Waals surface area (Å²) in [6.07, 6.45) is -0.949. The van der Waals surface area contributed by atoms with Crippen molar-refractivity contribution in [2.45, 2.75) is 38.1 Å². The van der Waals surface area contributed by atoms with Crippen LogP contribution in [0.2, 0.25) is 0 Å². The molecule has 0 amide bonds. The minimum atomic E-state index is -2.72. The van der Waals surface area contributed by atoms with Crippen molar-refractivity contribution in [1.29, 1.82) is 0 Å². The van der Waals surface area contributed by atoms with Crippen molar-refractivity contribution in [3.05, 3.63) is 64.9 Å². The molecule has 3 heterocycles. The number of thiocarbonyl (C=S) groups is 1. The van der Waals surface area contributed by atoms with Gasteiger partial charge in [0.15, 0.2) is 0 Å². The molecule has 200 valence electrons. The molecule has 1 aromatic heterocycles. The van der Waals surface area contributed by atoms with Gasteiger partial charge in [0.05, 0.1) is 26.0 Å². The molecule has 2 aliphatic rings. The lowest BCUT2D eigenvalue weighted by atomic mass is 10.0. The first kappa shape index (κ1) is 27.3. The van der Waals surface area contributed by atoms with E-state index in [2.05, 4.69) is 20.9 Å². The minimum Gasteiger partial charge on any atom is -0.489 e. The molecule has 4 rings (SSSR count). The summed E-state index contributed by atoms with van der Waals surface area (Å²) < 4.78 is 57.3. The van der Waals surface area contributed by atoms with Crippen molar-refractivity contribution < 1.29 is 32.5 Å². The molecule has 2 unspecified atom stereocenters. The maximum atomic E-state index is 14.2. The van der Waals surface area contributed by atoms with Crippen LogP contribution in [-0.4, -0.2) is 66.8 Å². The van der Waals surface area contributed by atoms with Crippen LogP contribution in [0.25, 0.3) is 0 Å². The van der Waals surface area contributed by atoms with E-state index in [-0.39, 0.29) is 22.3 Å². The number of nitrogens with zero attached hydrogens (tertiary/aromatic N) is 1. The number of pyridine rings is 1. The van der Waals surface area contributed by atoms with Gasteiger partial charge in [-0.05, 0) is 18.2 Å². The number of benzene rings is 1. The topological polar surface area (TPSA) is 96.9 Å². The van der Waals surface area contributed by atoms with Gasteiger partial charge in [0.1, 0.15) is 35.5 Å². The summed E-state index contributed by atoms with van der Waals surface area (Å²) in [5.74, 6) is -0.170. The fraction of sp³-hybridized carbons (Fsp3) is 0.440. The van der Waals surface area contributed by atoms with Crippen LogP contribution < -0.4 is 20.7 Å². The van der Waals surface area contributed by atoms with E-state index in [1.807, 2.05) is 6.07 Å². The Morgan fingerprint density at radius 3 is 2.95 bits per heavy atom. The van der Waals surface area contributed by atoms with Crippen LogP contribution in [0.5, 0.6) is 5.75 Å². The zero-order valence-corrected chi connectivity index (χ0v) is 20.8. The summed E-state index contributed by atoms with van der Waals surface area (Å²) >= 11 is 5.52. The number of aliphatic hydroxyl groups excluding tert-OH is 1. The predicted octanol–water partition coefficient (Wildman–Crippen LogP) is 2.92. The number of aliphatic hydroxyl groups is 1. The molecule has 1 saturated heterocycles. The number of nitrogens with one attached hydrogen (secondary N) is 3. The highest BCUT2D eigenvalue weighted by Gasteiger charge is 2.26. The molecule has 4 N–H and O–H groups in total. The zero-order valence-electron chi connectivity index (χ0n) is 20.0. The first-order valence-corrected chi connectivity index (χ1v) is 12.3. The molecule has 1 aromatic carbocycles. The number of halogens is 3. The molecule has 2 aliphatic heterocycles. The van der Waals surface area contributed by atoms with E-state index in [4.69, 9.17) is 26.4 Å². The number of hydrogen-bond donors (Lipinski definition) is 4. The van der Waals surface area contributed by atoms with Crippen LogP contribution in [0, 0.1) is 5.82 Å². The quantitative estimate of drug-likeness (QED) is 0.341. The molecule has 8 nitrogen and oxygen atoms in total. The van der Waals surface area contributed by atoms with Crippen LogP contribution in [0.3, 0.4) is 0 Å². The van der Waals surface area contributed by atoms with E-state index >= 15 is 0 Å². The fourth-order valence-electron chi connectivity index (χ4n) is 4.11. The van der Waals surface area contributed by atoms with Crippen molar-refractivity contribution in [3.63, 3.8) is 0 Å². The molecule has 0 spiro atoms. The van der Waals surface area contributed by atoms with E-state index in [1.165, 1.54) is 12.1 Å². The summed E-state index contributed by atoms with van der Waals surface area (Å²) in [4.78, 5) is 4.24. The second-order valence-corrected chi connectivity index (χ2v) is 8.94. The molecule has 0 saturated carbocycles. The lowest BCUT2D eigenvalue weighted by Crippen LogP contribution is -2.43. The predicted molar refractivity (Wildman–Crippen MR) is 135 cm³/mol. The number of alkyl halides is 2. The lowest BCUT2D eigenvalue weighted by Gasteiger charge is -2.28.